The molecule has 0 bridgehead atoms. The zero-order valence-electron chi connectivity index (χ0n) is 11.6. The number of hydrogen-bond acceptors (Lipinski definition) is 3. The molecule has 0 saturated carbocycles. The topological polar surface area (TPSA) is 55.6 Å². The third-order valence-corrected chi connectivity index (χ3v) is 2.83. The molecule has 0 aliphatic carbocycles. The van der Waals surface area contributed by atoms with E-state index in [1.54, 1.807) is 24.1 Å². The van der Waals surface area contributed by atoms with E-state index < -0.39 is 0 Å². The van der Waals surface area contributed by atoms with E-state index >= 15 is 0 Å². The molecular formula is C14H23ClN2O2. The first-order valence-electron chi connectivity index (χ1n) is 6.33. The summed E-state index contributed by atoms with van der Waals surface area (Å²) in [5, 5.41) is 0. The van der Waals surface area contributed by atoms with Crippen molar-refractivity contribution < 1.29 is 9.53 Å². The molecule has 1 rings (SSSR count). The van der Waals surface area contributed by atoms with Crippen LogP contribution in [0.25, 0.3) is 0 Å². The molecule has 0 atom stereocenters. The molecular weight excluding hydrogens is 264 g/mol. The van der Waals surface area contributed by atoms with Gasteiger partial charge in [-0.1, -0.05) is 25.5 Å². The molecule has 108 valence electrons. The SMILES string of the molecule is CCCCN(CCOC)C(=O)c1ccccc1N.Cl. The molecule has 1 aromatic rings. The molecule has 0 aliphatic rings. The minimum atomic E-state index is -0.0152. The van der Waals surface area contributed by atoms with Crippen LogP contribution in [0.1, 0.15) is 30.1 Å². The summed E-state index contributed by atoms with van der Waals surface area (Å²) < 4.78 is 5.04. The van der Waals surface area contributed by atoms with Gasteiger partial charge in [0.2, 0.25) is 0 Å². The van der Waals surface area contributed by atoms with Gasteiger partial charge in [-0.15, -0.1) is 12.4 Å². The average molecular weight is 287 g/mol. The van der Waals surface area contributed by atoms with Crippen LogP contribution in [0.2, 0.25) is 0 Å². The van der Waals surface area contributed by atoms with Crippen LogP contribution in [0, 0.1) is 0 Å². The Balaban J connectivity index is 0.00000324. The van der Waals surface area contributed by atoms with Crippen molar-refractivity contribution in [1.82, 2.24) is 4.90 Å². The number of amides is 1. The highest BCUT2D eigenvalue weighted by Crippen LogP contribution is 2.14. The van der Waals surface area contributed by atoms with Crippen LogP contribution in [0.15, 0.2) is 24.3 Å². The van der Waals surface area contributed by atoms with E-state index in [1.807, 2.05) is 12.1 Å². The van der Waals surface area contributed by atoms with E-state index in [-0.39, 0.29) is 18.3 Å². The van der Waals surface area contributed by atoms with Crippen molar-refractivity contribution in [2.45, 2.75) is 19.8 Å². The Hall–Kier alpha value is -1.26. The molecule has 0 unspecified atom stereocenters. The zero-order valence-corrected chi connectivity index (χ0v) is 12.4. The Kier molecular flexibility index (Phi) is 9.00. The highest BCUT2D eigenvalue weighted by molar-refractivity contribution is 5.99. The Labute approximate surface area is 121 Å². The van der Waals surface area contributed by atoms with Gasteiger partial charge in [0.05, 0.1) is 12.2 Å². The molecule has 0 heterocycles. The molecule has 0 spiro atoms. The third-order valence-electron chi connectivity index (χ3n) is 2.83. The lowest BCUT2D eigenvalue weighted by atomic mass is 10.1. The lowest BCUT2D eigenvalue weighted by Crippen LogP contribution is -2.35. The molecule has 1 aromatic carbocycles. The van der Waals surface area contributed by atoms with Crippen LogP contribution in [0.4, 0.5) is 5.69 Å². The van der Waals surface area contributed by atoms with Crippen molar-refractivity contribution in [2.75, 3.05) is 32.5 Å². The number of anilines is 1. The Morgan fingerprint density at radius 1 is 1.32 bits per heavy atom. The minimum absolute atomic E-state index is 0. The van der Waals surface area contributed by atoms with Crippen LogP contribution < -0.4 is 5.73 Å². The monoisotopic (exact) mass is 286 g/mol. The third kappa shape index (κ3) is 5.49. The first-order valence-corrected chi connectivity index (χ1v) is 6.33. The maximum Gasteiger partial charge on any atom is 0.256 e. The van der Waals surface area contributed by atoms with E-state index in [0.29, 0.717) is 24.4 Å². The minimum Gasteiger partial charge on any atom is -0.398 e. The summed E-state index contributed by atoms with van der Waals surface area (Å²) in [6.45, 7) is 3.99. The number of hydrogen-bond donors (Lipinski definition) is 1. The lowest BCUT2D eigenvalue weighted by Gasteiger charge is -2.22. The van der Waals surface area contributed by atoms with Gasteiger partial charge in [0.15, 0.2) is 0 Å². The summed E-state index contributed by atoms with van der Waals surface area (Å²) in [6.07, 6.45) is 2.04. The van der Waals surface area contributed by atoms with Crippen molar-refractivity contribution in [3.8, 4) is 0 Å². The number of carbonyl (C=O) groups excluding carboxylic acids is 1. The number of unbranched alkanes of at least 4 members (excludes halogenated alkanes) is 1. The highest BCUT2D eigenvalue weighted by Gasteiger charge is 2.16. The van der Waals surface area contributed by atoms with E-state index in [1.165, 1.54) is 0 Å². The van der Waals surface area contributed by atoms with Crippen LogP contribution in [-0.2, 0) is 4.74 Å². The van der Waals surface area contributed by atoms with Crippen LogP contribution in [0.3, 0.4) is 0 Å². The number of nitrogens with two attached hydrogens (primary N) is 1. The van der Waals surface area contributed by atoms with Gasteiger partial charge in [-0.2, -0.15) is 0 Å². The van der Waals surface area contributed by atoms with Gasteiger partial charge in [0.1, 0.15) is 0 Å². The quantitative estimate of drug-likeness (QED) is 0.784. The number of nitrogens with zero attached hydrogens (tertiary/aromatic N) is 1. The molecule has 5 heteroatoms. The van der Waals surface area contributed by atoms with E-state index in [4.69, 9.17) is 10.5 Å². The molecule has 19 heavy (non-hydrogen) atoms. The normalized spacial score (nSPS) is 9.79. The van der Waals surface area contributed by atoms with E-state index in [2.05, 4.69) is 6.92 Å². The number of rotatable bonds is 7. The molecule has 0 aliphatic heterocycles. The molecule has 0 saturated heterocycles. The highest BCUT2D eigenvalue weighted by atomic mass is 35.5. The van der Waals surface area contributed by atoms with E-state index in [0.717, 1.165) is 19.4 Å². The van der Waals surface area contributed by atoms with Crippen molar-refractivity contribution >= 4 is 24.0 Å². The Morgan fingerprint density at radius 2 is 2.00 bits per heavy atom. The van der Waals surface area contributed by atoms with Gasteiger partial charge in [0.25, 0.3) is 5.91 Å². The Morgan fingerprint density at radius 3 is 2.58 bits per heavy atom. The summed E-state index contributed by atoms with van der Waals surface area (Å²) >= 11 is 0. The molecule has 0 fully saturated rings. The van der Waals surface area contributed by atoms with Crippen molar-refractivity contribution in [3.05, 3.63) is 29.8 Å². The number of halogens is 1. The second kappa shape index (κ2) is 9.64. The van der Waals surface area contributed by atoms with E-state index in [9.17, 15) is 4.79 Å². The summed E-state index contributed by atoms with van der Waals surface area (Å²) in [6, 6.07) is 7.18. The van der Waals surface area contributed by atoms with Crippen molar-refractivity contribution in [3.63, 3.8) is 0 Å². The smallest absolute Gasteiger partial charge is 0.256 e. The van der Waals surface area contributed by atoms with Gasteiger partial charge < -0.3 is 15.4 Å². The molecule has 4 nitrogen and oxygen atoms in total. The number of para-hydroxylation sites is 1. The fraction of sp³-hybridized carbons (Fsp3) is 0.500. The van der Waals surface area contributed by atoms with Crippen LogP contribution in [-0.4, -0.2) is 37.6 Å². The summed E-state index contributed by atoms with van der Waals surface area (Å²) in [4.78, 5) is 14.2. The van der Waals surface area contributed by atoms with Gasteiger partial charge in [-0.05, 0) is 18.6 Å². The van der Waals surface area contributed by atoms with Crippen LogP contribution >= 0.6 is 12.4 Å². The average Bonchev–Trinajstić information content (AvgIpc) is 2.39. The van der Waals surface area contributed by atoms with Crippen LogP contribution in [0.5, 0.6) is 0 Å². The summed E-state index contributed by atoms with van der Waals surface area (Å²) in [5.41, 5.74) is 6.94. The van der Waals surface area contributed by atoms with Gasteiger partial charge in [0, 0.05) is 25.9 Å². The second-order valence-corrected chi connectivity index (χ2v) is 4.23. The lowest BCUT2D eigenvalue weighted by molar-refractivity contribution is 0.0694. The number of carbonyl (C=O) groups is 1. The van der Waals surface area contributed by atoms with Gasteiger partial charge >= 0.3 is 0 Å². The molecule has 0 aromatic heterocycles. The fourth-order valence-corrected chi connectivity index (χ4v) is 1.73. The molecule has 2 N–H and O–H groups in total. The second-order valence-electron chi connectivity index (χ2n) is 4.23. The molecule has 0 radical (unpaired) electrons. The first kappa shape index (κ1) is 17.7. The first-order chi connectivity index (χ1) is 8.70. The van der Waals surface area contributed by atoms with Gasteiger partial charge in [-0.3, -0.25) is 4.79 Å². The van der Waals surface area contributed by atoms with Crippen molar-refractivity contribution in [2.24, 2.45) is 0 Å². The zero-order chi connectivity index (χ0) is 13.4. The largest absolute Gasteiger partial charge is 0.398 e. The predicted molar refractivity (Wildman–Crippen MR) is 80.8 cm³/mol. The summed E-state index contributed by atoms with van der Waals surface area (Å²) in [5.74, 6) is -0.0152. The maximum absolute atomic E-state index is 12.4. The number of methoxy groups -OCH3 is 1. The van der Waals surface area contributed by atoms with Gasteiger partial charge in [-0.25, -0.2) is 0 Å². The molecule has 1 amide bonds. The number of benzene rings is 1. The Bertz CT molecular complexity index is 377. The predicted octanol–water partition coefficient (Wildman–Crippen LogP) is 2.58. The summed E-state index contributed by atoms with van der Waals surface area (Å²) in [7, 11) is 1.64. The number of ether oxygens (including phenoxy) is 1. The standard InChI is InChI=1S/C14H22N2O2.ClH/c1-3-4-9-16(10-11-18-2)14(17)12-7-5-6-8-13(12)15;/h5-8H,3-4,9-11,15H2,1-2H3;1H. The van der Waals surface area contributed by atoms with Crippen molar-refractivity contribution in [1.29, 1.82) is 0 Å². The number of nitrogen functional groups attached to an aromatic ring is 1. The fourth-order valence-electron chi connectivity index (χ4n) is 1.73. The maximum atomic E-state index is 12.4.